The summed E-state index contributed by atoms with van der Waals surface area (Å²) in [6.07, 6.45) is 2.45. The molecule has 0 amide bonds. The fourth-order valence-corrected chi connectivity index (χ4v) is 1.99. The number of nitrogens with one attached hydrogen (secondary N) is 1. The normalized spacial score (nSPS) is 11.0. The molecule has 1 N–H and O–H groups in total. The van der Waals surface area contributed by atoms with Crippen LogP contribution in [-0.2, 0) is 6.42 Å². The largest absolute Gasteiger partial charge is 0.316 e. The van der Waals surface area contributed by atoms with Crippen molar-refractivity contribution in [2.24, 2.45) is 0 Å². The van der Waals surface area contributed by atoms with E-state index < -0.39 is 0 Å². The van der Waals surface area contributed by atoms with Gasteiger partial charge in [0.25, 0.3) is 0 Å². The summed E-state index contributed by atoms with van der Waals surface area (Å²) in [5.74, 6) is 0. The second-order valence-electron chi connectivity index (χ2n) is 4.38. The molecule has 1 rings (SSSR count). The molecule has 0 atom stereocenters. The van der Waals surface area contributed by atoms with Gasteiger partial charge in [0.05, 0.1) is 0 Å². The highest BCUT2D eigenvalue weighted by atomic mass is 15.1. The Morgan fingerprint density at radius 1 is 1.06 bits per heavy atom. The number of aryl methyl sites for hydroxylation is 1. The van der Waals surface area contributed by atoms with Gasteiger partial charge in [0.1, 0.15) is 0 Å². The third-order valence-electron chi connectivity index (χ3n) is 3.08. The van der Waals surface area contributed by atoms with E-state index in [0.717, 1.165) is 19.6 Å². The maximum atomic E-state index is 3.38. The van der Waals surface area contributed by atoms with Crippen molar-refractivity contribution < 1.29 is 0 Å². The third kappa shape index (κ3) is 6.44. The molecule has 2 nitrogen and oxygen atoms in total. The van der Waals surface area contributed by atoms with Gasteiger partial charge in [-0.1, -0.05) is 44.2 Å². The average molecular weight is 234 g/mol. The van der Waals surface area contributed by atoms with Gasteiger partial charge in [-0.05, 0) is 38.0 Å². The zero-order valence-corrected chi connectivity index (χ0v) is 11.3. The van der Waals surface area contributed by atoms with Crippen molar-refractivity contribution in [3.63, 3.8) is 0 Å². The second kappa shape index (κ2) is 9.20. The third-order valence-corrected chi connectivity index (χ3v) is 3.08. The molecule has 2 heteroatoms. The molecule has 0 radical (unpaired) electrons. The Hall–Kier alpha value is -0.860. The minimum atomic E-state index is 1.07. The number of benzene rings is 1. The Balaban J connectivity index is 2.15. The van der Waals surface area contributed by atoms with Gasteiger partial charge in [-0.3, -0.25) is 0 Å². The lowest BCUT2D eigenvalue weighted by molar-refractivity contribution is 0.284. The van der Waals surface area contributed by atoms with Gasteiger partial charge < -0.3 is 10.2 Å². The Labute approximate surface area is 106 Å². The molecular formula is C15H26N2. The van der Waals surface area contributed by atoms with Gasteiger partial charge in [-0.25, -0.2) is 0 Å². The average Bonchev–Trinajstić information content (AvgIpc) is 2.38. The quantitative estimate of drug-likeness (QED) is 0.661. The molecule has 1 aromatic rings. The standard InChI is InChI=1S/C15H26N2/c1-3-16-12-14-17(4-2)13-8-11-15-9-6-5-7-10-15/h5-7,9-10,16H,3-4,8,11-14H2,1-2H3. The maximum absolute atomic E-state index is 3.38. The summed E-state index contributed by atoms with van der Waals surface area (Å²) >= 11 is 0. The summed E-state index contributed by atoms with van der Waals surface area (Å²) in [4.78, 5) is 2.52. The van der Waals surface area contributed by atoms with Crippen LogP contribution in [-0.4, -0.2) is 37.6 Å². The molecule has 0 bridgehead atoms. The topological polar surface area (TPSA) is 15.3 Å². The van der Waals surface area contributed by atoms with Crippen molar-refractivity contribution in [2.75, 3.05) is 32.7 Å². The van der Waals surface area contributed by atoms with Crippen LogP contribution >= 0.6 is 0 Å². The van der Waals surface area contributed by atoms with Crippen LogP contribution in [0, 0.1) is 0 Å². The second-order valence-corrected chi connectivity index (χ2v) is 4.38. The number of hydrogen-bond donors (Lipinski definition) is 1. The van der Waals surface area contributed by atoms with Crippen LogP contribution in [0.3, 0.4) is 0 Å². The fraction of sp³-hybridized carbons (Fsp3) is 0.600. The first-order valence-corrected chi connectivity index (χ1v) is 6.83. The number of nitrogens with zero attached hydrogens (tertiary/aromatic N) is 1. The van der Waals surface area contributed by atoms with Crippen LogP contribution in [0.2, 0.25) is 0 Å². The molecule has 96 valence electrons. The van der Waals surface area contributed by atoms with Crippen molar-refractivity contribution in [1.82, 2.24) is 10.2 Å². The van der Waals surface area contributed by atoms with Gasteiger partial charge in [-0.2, -0.15) is 0 Å². The van der Waals surface area contributed by atoms with E-state index in [1.807, 2.05) is 0 Å². The SMILES string of the molecule is CCNCCN(CC)CCCc1ccccc1. The lowest BCUT2D eigenvalue weighted by Gasteiger charge is -2.20. The molecular weight excluding hydrogens is 208 g/mol. The molecule has 0 aromatic heterocycles. The van der Waals surface area contributed by atoms with Crippen LogP contribution in [0.25, 0.3) is 0 Å². The number of likely N-dealkylation sites (N-methyl/N-ethyl adjacent to an activating group) is 2. The Morgan fingerprint density at radius 3 is 2.47 bits per heavy atom. The first-order valence-electron chi connectivity index (χ1n) is 6.83. The van der Waals surface area contributed by atoms with Crippen molar-refractivity contribution in [1.29, 1.82) is 0 Å². The van der Waals surface area contributed by atoms with E-state index in [9.17, 15) is 0 Å². The van der Waals surface area contributed by atoms with E-state index in [1.54, 1.807) is 0 Å². The van der Waals surface area contributed by atoms with E-state index in [0.29, 0.717) is 0 Å². The first kappa shape index (κ1) is 14.2. The summed E-state index contributed by atoms with van der Waals surface area (Å²) in [5, 5.41) is 3.38. The van der Waals surface area contributed by atoms with Gasteiger partial charge in [0.2, 0.25) is 0 Å². The zero-order chi connectivity index (χ0) is 12.3. The molecule has 0 saturated carbocycles. The van der Waals surface area contributed by atoms with E-state index >= 15 is 0 Å². The van der Waals surface area contributed by atoms with Crippen LogP contribution < -0.4 is 5.32 Å². The number of rotatable bonds is 9. The van der Waals surface area contributed by atoms with Crippen molar-refractivity contribution in [2.45, 2.75) is 26.7 Å². The summed E-state index contributed by atoms with van der Waals surface area (Å²) in [7, 11) is 0. The summed E-state index contributed by atoms with van der Waals surface area (Å²) in [6.45, 7) is 10.1. The molecule has 0 fully saturated rings. The first-order chi connectivity index (χ1) is 8.36. The summed E-state index contributed by atoms with van der Waals surface area (Å²) in [6, 6.07) is 10.8. The lowest BCUT2D eigenvalue weighted by Crippen LogP contribution is -2.32. The van der Waals surface area contributed by atoms with Gasteiger partial charge >= 0.3 is 0 Å². The zero-order valence-electron chi connectivity index (χ0n) is 11.3. The predicted molar refractivity (Wildman–Crippen MR) is 75.4 cm³/mol. The monoisotopic (exact) mass is 234 g/mol. The van der Waals surface area contributed by atoms with E-state index in [-0.39, 0.29) is 0 Å². The Bertz CT molecular complexity index is 272. The van der Waals surface area contributed by atoms with Crippen LogP contribution in [0.5, 0.6) is 0 Å². The van der Waals surface area contributed by atoms with Crippen LogP contribution in [0.15, 0.2) is 30.3 Å². The van der Waals surface area contributed by atoms with E-state index in [2.05, 4.69) is 54.4 Å². The van der Waals surface area contributed by atoms with Crippen LogP contribution in [0.4, 0.5) is 0 Å². The maximum Gasteiger partial charge on any atom is 0.0107 e. The summed E-state index contributed by atoms with van der Waals surface area (Å²) in [5.41, 5.74) is 1.45. The fourth-order valence-electron chi connectivity index (χ4n) is 1.99. The van der Waals surface area contributed by atoms with Crippen molar-refractivity contribution in [3.05, 3.63) is 35.9 Å². The highest BCUT2D eigenvalue weighted by Gasteiger charge is 2.01. The summed E-state index contributed by atoms with van der Waals surface area (Å²) < 4.78 is 0. The molecule has 17 heavy (non-hydrogen) atoms. The van der Waals surface area contributed by atoms with Crippen molar-refractivity contribution in [3.8, 4) is 0 Å². The number of hydrogen-bond acceptors (Lipinski definition) is 2. The van der Waals surface area contributed by atoms with Gasteiger partial charge in [-0.15, -0.1) is 0 Å². The molecule has 0 saturated heterocycles. The van der Waals surface area contributed by atoms with Gasteiger partial charge in [0, 0.05) is 13.1 Å². The van der Waals surface area contributed by atoms with E-state index in [4.69, 9.17) is 0 Å². The molecule has 0 spiro atoms. The van der Waals surface area contributed by atoms with Gasteiger partial charge in [0.15, 0.2) is 0 Å². The molecule has 1 aromatic carbocycles. The molecule has 0 aliphatic carbocycles. The predicted octanol–water partition coefficient (Wildman–Crippen LogP) is 2.55. The minimum Gasteiger partial charge on any atom is -0.316 e. The van der Waals surface area contributed by atoms with E-state index in [1.165, 1.54) is 31.5 Å². The molecule has 0 unspecified atom stereocenters. The Kier molecular flexibility index (Phi) is 7.69. The molecule has 0 aliphatic heterocycles. The van der Waals surface area contributed by atoms with Crippen molar-refractivity contribution >= 4 is 0 Å². The lowest BCUT2D eigenvalue weighted by atomic mass is 10.1. The van der Waals surface area contributed by atoms with Crippen LogP contribution in [0.1, 0.15) is 25.8 Å². The molecule has 0 aliphatic rings. The molecule has 0 heterocycles. The minimum absolute atomic E-state index is 1.07. The highest BCUT2D eigenvalue weighted by molar-refractivity contribution is 5.14. The Morgan fingerprint density at radius 2 is 1.82 bits per heavy atom. The highest BCUT2D eigenvalue weighted by Crippen LogP contribution is 2.03. The smallest absolute Gasteiger partial charge is 0.0107 e.